The summed E-state index contributed by atoms with van der Waals surface area (Å²) in [5.74, 6) is 1.29. The van der Waals surface area contributed by atoms with Crippen LogP contribution in [0.15, 0.2) is 43.1 Å². The topological polar surface area (TPSA) is 151 Å². The molecule has 34 heavy (non-hydrogen) atoms. The number of amides is 1. The normalized spacial score (nSPS) is 11.0. The second-order valence-corrected chi connectivity index (χ2v) is 8.04. The van der Waals surface area contributed by atoms with E-state index in [-0.39, 0.29) is 17.3 Å². The van der Waals surface area contributed by atoms with Gasteiger partial charge in [0.25, 0.3) is 5.91 Å². The number of benzene rings is 1. The minimum Gasteiger partial charge on any atom is -0.494 e. The van der Waals surface area contributed by atoms with E-state index in [1.165, 1.54) is 6.20 Å². The number of ether oxygens (including phenoxy) is 1. The Morgan fingerprint density at radius 1 is 1.21 bits per heavy atom. The average Bonchev–Trinajstić information content (AvgIpc) is 3.41. The summed E-state index contributed by atoms with van der Waals surface area (Å²) < 4.78 is 9.08. The fourth-order valence-corrected chi connectivity index (χ4v) is 3.37. The van der Waals surface area contributed by atoms with E-state index >= 15 is 0 Å². The zero-order valence-electron chi connectivity index (χ0n) is 19.4. The largest absolute Gasteiger partial charge is 0.494 e. The van der Waals surface area contributed by atoms with Gasteiger partial charge in [-0.15, -0.1) is 0 Å². The molecule has 3 heterocycles. The van der Waals surface area contributed by atoms with Gasteiger partial charge < -0.3 is 21.1 Å². The van der Waals surface area contributed by atoms with Crippen LogP contribution in [0.1, 0.15) is 24.2 Å². The predicted molar refractivity (Wildman–Crippen MR) is 127 cm³/mol. The van der Waals surface area contributed by atoms with Gasteiger partial charge in [0.2, 0.25) is 5.95 Å². The van der Waals surface area contributed by atoms with Crippen molar-refractivity contribution >= 4 is 29.0 Å². The van der Waals surface area contributed by atoms with Gasteiger partial charge in [-0.05, 0) is 18.1 Å². The molecule has 0 radical (unpaired) electrons. The van der Waals surface area contributed by atoms with Crippen LogP contribution in [0.4, 0.5) is 23.1 Å². The van der Waals surface area contributed by atoms with E-state index in [1.807, 2.05) is 23.0 Å². The molecule has 1 aromatic carbocycles. The zero-order chi connectivity index (χ0) is 24.2. The third kappa shape index (κ3) is 4.95. The fraction of sp³-hybridized carbons (Fsp3) is 0.273. The summed E-state index contributed by atoms with van der Waals surface area (Å²) in [6.07, 6.45) is 6.53. The Morgan fingerprint density at radius 3 is 2.71 bits per heavy atom. The number of aromatic nitrogens is 7. The number of rotatable bonds is 9. The molecular formula is C22H26N10O2. The molecule has 0 atom stereocenters. The number of nitrogens with two attached hydrogens (primary N) is 1. The number of aryl methyl sites for hydroxylation is 1. The highest BCUT2D eigenvalue weighted by atomic mass is 16.5. The van der Waals surface area contributed by atoms with Crippen LogP contribution in [0.3, 0.4) is 0 Å². The molecule has 0 spiro atoms. The lowest BCUT2D eigenvalue weighted by atomic mass is 10.1. The fourth-order valence-electron chi connectivity index (χ4n) is 3.37. The molecule has 176 valence electrons. The van der Waals surface area contributed by atoms with Crippen molar-refractivity contribution in [1.82, 2.24) is 34.5 Å². The van der Waals surface area contributed by atoms with Crippen LogP contribution < -0.4 is 21.1 Å². The number of primary amides is 1. The Bertz CT molecular complexity index is 1310. The lowest BCUT2D eigenvalue weighted by Gasteiger charge is -2.15. The standard InChI is InChI=1S/C22H26N10O2/c1-13(2)10-32-11-14(8-26-32)27-22-24-9-16(19(23)33)21(29-22)28-17-7-5-6-15(18(17)34-4)20-25-12-31(3)30-20/h5-9,11-13H,10H2,1-4H3,(H2,23,33)(H2,24,27,28,29). The van der Waals surface area contributed by atoms with Gasteiger partial charge in [0.1, 0.15) is 17.7 Å². The Morgan fingerprint density at radius 2 is 2.03 bits per heavy atom. The van der Waals surface area contributed by atoms with E-state index in [0.29, 0.717) is 28.7 Å². The van der Waals surface area contributed by atoms with Gasteiger partial charge >= 0.3 is 0 Å². The monoisotopic (exact) mass is 462 g/mol. The number of nitrogens with zero attached hydrogens (tertiary/aromatic N) is 7. The lowest BCUT2D eigenvalue weighted by Crippen LogP contribution is -2.16. The molecule has 0 unspecified atom stereocenters. The predicted octanol–water partition coefficient (Wildman–Crippen LogP) is 2.72. The van der Waals surface area contributed by atoms with Crippen LogP contribution in [0, 0.1) is 5.92 Å². The highest BCUT2D eigenvalue weighted by molar-refractivity contribution is 5.98. The van der Waals surface area contributed by atoms with Crippen LogP contribution in [0.5, 0.6) is 5.75 Å². The first-order chi connectivity index (χ1) is 16.3. The lowest BCUT2D eigenvalue weighted by molar-refractivity contribution is 0.100. The maximum absolute atomic E-state index is 12.0. The molecule has 1 amide bonds. The van der Waals surface area contributed by atoms with Gasteiger partial charge in [-0.3, -0.25) is 14.2 Å². The van der Waals surface area contributed by atoms with Crippen LogP contribution >= 0.6 is 0 Å². The summed E-state index contributed by atoms with van der Waals surface area (Å²) in [7, 11) is 3.33. The Balaban J connectivity index is 1.66. The second-order valence-electron chi connectivity index (χ2n) is 8.04. The van der Waals surface area contributed by atoms with Gasteiger partial charge in [0, 0.05) is 26.0 Å². The number of nitrogens with one attached hydrogen (secondary N) is 2. The first-order valence-corrected chi connectivity index (χ1v) is 10.6. The van der Waals surface area contributed by atoms with Crippen molar-refractivity contribution < 1.29 is 9.53 Å². The highest BCUT2D eigenvalue weighted by Gasteiger charge is 2.18. The smallest absolute Gasteiger partial charge is 0.254 e. The third-order valence-electron chi connectivity index (χ3n) is 4.81. The Hall–Kier alpha value is -4.48. The number of hydrogen-bond acceptors (Lipinski definition) is 9. The number of carbonyl (C=O) groups excluding carboxylic acids is 1. The van der Waals surface area contributed by atoms with Crippen molar-refractivity contribution in [3.8, 4) is 17.1 Å². The molecule has 0 saturated heterocycles. The molecule has 0 aliphatic carbocycles. The van der Waals surface area contributed by atoms with E-state index < -0.39 is 5.91 Å². The van der Waals surface area contributed by atoms with Crippen LogP contribution in [0.25, 0.3) is 11.4 Å². The molecule has 0 fully saturated rings. The van der Waals surface area contributed by atoms with Crippen LogP contribution in [-0.4, -0.2) is 47.5 Å². The SMILES string of the molecule is COc1c(Nc2nc(Nc3cnn(CC(C)C)c3)ncc2C(N)=O)cccc1-c1ncn(C)n1. The zero-order valence-corrected chi connectivity index (χ0v) is 19.4. The maximum atomic E-state index is 12.0. The number of hydrogen-bond donors (Lipinski definition) is 3. The maximum Gasteiger partial charge on any atom is 0.254 e. The summed E-state index contributed by atoms with van der Waals surface area (Å²) in [5.41, 5.74) is 7.66. The van der Waals surface area contributed by atoms with E-state index in [9.17, 15) is 4.79 Å². The summed E-state index contributed by atoms with van der Waals surface area (Å²) in [6.45, 7) is 5.02. The van der Waals surface area contributed by atoms with E-state index in [2.05, 4.69) is 49.6 Å². The minimum absolute atomic E-state index is 0.129. The van der Waals surface area contributed by atoms with E-state index in [4.69, 9.17) is 10.5 Å². The number of methoxy groups -OCH3 is 1. The first kappa shape index (κ1) is 22.7. The van der Waals surface area contributed by atoms with Gasteiger partial charge in [-0.25, -0.2) is 9.97 Å². The molecule has 0 saturated carbocycles. The molecule has 4 aromatic rings. The average molecular weight is 463 g/mol. The number of anilines is 4. The van der Waals surface area contributed by atoms with Crippen LogP contribution in [0.2, 0.25) is 0 Å². The molecule has 0 aliphatic heterocycles. The minimum atomic E-state index is -0.666. The molecule has 3 aromatic heterocycles. The molecule has 4 N–H and O–H groups in total. The van der Waals surface area contributed by atoms with Gasteiger partial charge in [0.05, 0.1) is 30.2 Å². The van der Waals surface area contributed by atoms with E-state index in [1.54, 1.807) is 37.4 Å². The summed E-state index contributed by atoms with van der Waals surface area (Å²) in [6, 6.07) is 5.46. The van der Waals surface area contributed by atoms with Crippen molar-refractivity contribution in [2.24, 2.45) is 18.7 Å². The van der Waals surface area contributed by atoms with Gasteiger partial charge in [-0.1, -0.05) is 19.9 Å². The Labute approximate surface area is 196 Å². The molecular weight excluding hydrogens is 436 g/mol. The first-order valence-electron chi connectivity index (χ1n) is 10.6. The van der Waals surface area contributed by atoms with Crippen LogP contribution in [-0.2, 0) is 13.6 Å². The molecule has 0 bridgehead atoms. The van der Waals surface area contributed by atoms with Gasteiger partial charge in [0.15, 0.2) is 11.6 Å². The summed E-state index contributed by atoms with van der Waals surface area (Å²) in [5, 5.41) is 14.9. The molecule has 0 aliphatic rings. The Kier molecular flexibility index (Phi) is 6.39. The van der Waals surface area contributed by atoms with Crippen molar-refractivity contribution in [2.75, 3.05) is 17.7 Å². The summed E-state index contributed by atoms with van der Waals surface area (Å²) in [4.78, 5) is 25.0. The van der Waals surface area contributed by atoms with Crippen molar-refractivity contribution in [1.29, 1.82) is 0 Å². The quantitative estimate of drug-likeness (QED) is 0.341. The molecule has 4 rings (SSSR count). The second kappa shape index (κ2) is 9.57. The van der Waals surface area contributed by atoms with Crippen molar-refractivity contribution in [2.45, 2.75) is 20.4 Å². The van der Waals surface area contributed by atoms with Crippen molar-refractivity contribution in [3.05, 3.63) is 48.7 Å². The highest BCUT2D eigenvalue weighted by Crippen LogP contribution is 2.36. The number of para-hydroxylation sites is 1. The van der Waals surface area contributed by atoms with E-state index in [0.717, 1.165) is 12.2 Å². The number of carbonyl (C=O) groups is 1. The third-order valence-corrected chi connectivity index (χ3v) is 4.81. The summed E-state index contributed by atoms with van der Waals surface area (Å²) >= 11 is 0. The molecule has 12 heteroatoms. The van der Waals surface area contributed by atoms with Gasteiger partial charge in [-0.2, -0.15) is 15.2 Å². The molecule has 12 nitrogen and oxygen atoms in total. The van der Waals surface area contributed by atoms with Crippen molar-refractivity contribution in [3.63, 3.8) is 0 Å².